The van der Waals surface area contributed by atoms with Crippen LogP contribution in [0.15, 0.2) is 47.0 Å². The molecule has 3 aromatic rings. The summed E-state index contributed by atoms with van der Waals surface area (Å²) in [4.78, 5) is 12.5. The fraction of sp³-hybridized carbons (Fsp3) is 0.200. The zero-order valence-corrected chi connectivity index (χ0v) is 13.4. The van der Waals surface area contributed by atoms with E-state index in [1.807, 2.05) is 18.2 Å². The molecule has 0 amide bonds. The average Bonchev–Trinajstić information content (AvgIpc) is 3.11. The summed E-state index contributed by atoms with van der Waals surface area (Å²) in [7, 11) is 0. The monoisotopic (exact) mass is 326 g/mol. The second-order valence-corrected chi connectivity index (χ2v) is 6.04. The van der Waals surface area contributed by atoms with Crippen molar-refractivity contribution in [2.75, 3.05) is 0 Å². The number of aryl methyl sites for hydroxylation is 1. The first-order valence-electron chi connectivity index (χ1n) is 8.10. The zero-order valence-electron chi connectivity index (χ0n) is 13.4. The molecular formula is C20H14N4O. The van der Waals surface area contributed by atoms with Gasteiger partial charge >= 0.3 is 0 Å². The molecule has 2 heterocycles. The van der Waals surface area contributed by atoms with Crippen molar-refractivity contribution in [1.82, 2.24) is 9.97 Å². The van der Waals surface area contributed by atoms with Crippen LogP contribution in [-0.2, 0) is 12.8 Å². The Balaban J connectivity index is 1.66. The highest BCUT2D eigenvalue weighted by atomic mass is 16.4. The molecule has 1 aromatic carbocycles. The largest absolute Gasteiger partial charge is 0.441 e. The first-order valence-corrected chi connectivity index (χ1v) is 8.10. The average molecular weight is 326 g/mol. The van der Waals surface area contributed by atoms with Gasteiger partial charge in [0.1, 0.15) is 11.8 Å². The van der Waals surface area contributed by atoms with Crippen molar-refractivity contribution in [1.29, 1.82) is 5.26 Å². The summed E-state index contributed by atoms with van der Waals surface area (Å²) in [5.41, 5.74) is 3.78. The van der Waals surface area contributed by atoms with Gasteiger partial charge in [0, 0.05) is 30.5 Å². The SMILES string of the molecule is [C-]#[N+]c1cccc(-c2nc3c(o2)CCC(c2ncccc2C#N)C3)c1. The summed E-state index contributed by atoms with van der Waals surface area (Å²) in [6.07, 6.45) is 4.11. The van der Waals surface area contributed by atoms with Gasteiger partial charge in [-0.15, -0.1) is 0 Å². The predicted octanol–water partition coefficient (Wildman–Crippen LogP) is 4.43. The van der Waals surface area contributed by atoms with Crippen molar-refractivity contribution >= 4 is 5.69 Å². The number of hydrogen-bond donors (Lipinski definition) is 0. The number of benzene rings is 1. The maximum Gasteiger partial charge on any atom is 0.225 e. The van der Waals surface area contributed by atoms with Crippen LogP contribution < -0.4 is 0 Å². The number of nitrogens with zero attached hydrogens (tertiary/aromatic N) is 4. The fourth-order valence-electron chi connectivity index (χ4n) is 3.28. The normalized spacial score (nSPS) is 15.8. The van der Waals surface area contributed by atoms with Crippen molar-refractivity contribution in [2.45, 2.75) is 25.2 Å². The first kappa shape index (κ1) is 15.1. The van der Waals surface area contributed by atoms with Crippen molar-refractivity contribution in [3.05, 3.63) is 76.7 Å². The van der Waals surface area contributed by atoms with Crippen LogP contribution in [0.5, 0.6) is 0 Å². The lowest BCUT2D eigenvalue weighted by Gasteiger charge is -2.20. The summed E-state index contributed by atoms with van der Waals surface area (Å²) in [6.45, 7) is 7.13. The summed E-state index contributed by atoms with van der Waals surface area (Å²) < 4.78 is 5.93. The molecule has 4 rings (SSSR count). The molecular weight excluding hydrogens is 312 g/mol. The molecule has 1 atom stereocenters. The van der Waals surface area contributed by atoms with Crippen molar-refractivity contribution in [3.8, 4) is 17.5 Å². The number of pyridine rings is 1. The van der Waals surface area contributed by atoms with Crippen LogP contribution in [0.2, 0.25) is 0 Å². The minimum atomic E-state index is 0.177. The summed E-state index contributed by atoms with van der Waals surface area (Å²) in [5, 5.41) is 9.30. The third-order valence-corrected chi connectivity index (χ3v) is 4.51. The number of nitriles is 1. The second-order valence-electron chi connectivity index (χ2n) is 6.04. The molecule has 0 fully saturated rings. The lowest BCUT2D eigenvalue weighted by molar-refractivity contribution is 0.461. The molecule has 0 saturated carbocycles. The Morgan fingerprint density at radius 3 is 3.04 bits per heavy atom. The Morgan fingerprint density at radius 2 is 2.20 bits per heavy atom. The molecule has 5 heteroatoms. The Kier molecular flexibility index (Phi) is 3.76. The maximum atomic E-state index is 9.30. The van der Waals surface area contributed by atoms with Gasteiger partial charge in [0.2, 0.25) is 5.89 Å². The van der Waals surface area contributed by atoms with Gasteiger partial charge in [-0.1, -0.05) is 18.2 Å². The van der Waals surface area contributed by atoms with Crippen LogP contribution in [0.25, 0.3) is 16.3 Å². The third-order valence-electron chi connectivity index (χ3n) is 4.51. The molecule has 1 unspecified atom stereocenters. The molecule has 2 aromatic heterocycles. The topological polar surface area (TPSA) is 67.1 Å². The Bertz CT molecular complexity index is 1020. The van der Waals surface area contributed by atoms with E-state index in [1.165, 1.54) is 0 Å². The highest BCUT2D eigenvalue weighted by Gasteiger charge is 2.27. The molecule has 25 heavy (non-hydrogen) atoms. The minimum absolute atomic E-state index is 0.177. The number of hydrogen-bond acceptors (Lipinski definition) is 4. The molecule has 0 spiro atoms. The second kappa shape index (κ2) is 6.22. The van der Waals surface area contributed by atoms with Crippen LogP contribution in [0.3, 0.4) is 0 Å². The number of fused-ring (bicyclic) bond motifs is 1. The molecule has 1 aliphatic carbocycles. The van der Waals surface area contributed by atoms with Gasteiger partial charge < -0.3 is 4.42 Å². The van der Waals surface area contributed by atoms with E-state index in [1.54, 1.807) is 24.4 Å². The molecule has 120 valence electrons. The first-order chi connectivity index (χ1) is 12.3. The Hall–Kier alpha value is -3.44. The van der Waals surface area contributed by atoms with E-state index in [0.29, 0.717) is 23.6 Å². The van der Waals surface area contributed by atoms with Gasteiger partial charge in [-0.3, -0.25) is 4.98 Å². The summed E-state index contributed by atoms with van der Waals surface area (Å²) in [6, 6.07) is 13.1. The maximum absolute atomic E-state index is 9.30. The number of rotatable bonds is 2. The molecule has 0 saturated heterocycles. The summed E-state index contributed by atoms with van der Waals surface area (Å²) >= 11 is 0. The molecule has 0 radical (unpaired) electrons. The van der Waals surface area contributed by atoms with Crippen molar-refractivity contribution in [2.24, 2.45) is 0 Å². The quantitative estimate of drug-likeness (QED) is 0.653. The van der Waals surface area contributed by atoms with E-state index < -0.39 is 0 Å². The summed E-state index contributed by atoms with van der Waals surface area (Å²) in [5.74, 6) is 1.63. The van der Waals surface area contributed by atoms with Crippen LogP contribution in [-0.4, -0.2) is 9.97 Å². The Labute approximate surface area is 145 Å². The zero-order chi connectivity index (χ0) is 17.2. The lowest BCUT2D eigenvalue weighted by atomic mass is 9.86. The third kappa shape index (κ3) is 2.77. The van der Waals surface area contributed by atoms with E-state index in [-0.39, 0.29) is 5.92 Å². The van der Waals surface area contributed by atoms with Gasteiger partial charge in [-0.2, -0.15) is 5.26 Å². The fourth-order valence-corrected chi connectivity index (χ4v) is 3.28. The van der Waals surface area contributed by atoms with Gasteiger partial charge in [0.15, 0.2) is 5.69 Å². The smallest absolute Gasteiger partial charge is 0.225 e. The van der Waals surface area contributed by atoms with Gasteiger partial charge in [0.05, 0.1) is 23.5 Å². The highest BCUT2D eigenvalue weighted by Crippen LogP contribution is 2.35. The van der Waals surface area contributed by atoms with Gasteiger partial charge in [-0.25, -0.2) is 9.83 Å². The molecule has 0 N–H and O–H groups in total. The standard InChI is InChI=1S/C20H14N4O/c1-22-16-6-2-4-14(10-16)20-24-17-11-13(7-8-18(17)25-20)19-15(12-21)5-3-9-23-19/h2-6,9-10,13H,7-8,11H2. The van der Waals surface area contributed by atoms with E-state index in [2.05, 4.69) is 20.9 Å². The van der Waals surface area contributed by atoms with E-state index in [4.69, 9.17) is 11.0 Å². The highest BCUT2D eigenvalue weighted by molar-refractivity contribution is 5.62. The van der Waals surface area contributed by atoms with Crippen LogP contribution >= 0.6 is 0 Å². The van der Waals surface area contributed by atoms with Gasteiger partial charge in [-0.05, 0) is 24.6 Å². The molecule has 0 aliphatic heterocycles. The molecule has 0 bridgehead atoms. The molecule has 5 nitrogen and oxygen atoms in total. The van der Waals surface area contributed by atoms with E-state index in [0.717, 1.165) is 35.6 Å². The predicted molar refractivity (Wildman–Crippen MR) is 91.9 cm³/mol. The van der Waals surface area contributed by atoms with Crippen molar-refractivity contribution < 1.29 is 4.42 Å². The van der Waals surface area contributed by atoms with Crippen LogP contribution in [0.4, 0.5) is 5.69 Å². The number of aromatic nitrogens is 2. The Morgan fingerprint density at radius 1 is 1.28 bits per heavy atom. The van der Waals surface area contributed by atoms with Gasteiger partial charge in [0.25, 0.3) is 0 Å². The molecule has 1 aliphatic rings. The number of oxazole rings is 1. The minimum Gasteiger partial charge on any atom is -0.441 e. The lowest BCUT2D eigenvalue weighted by Crippen LogP contribution is -2.14. The van der Waals surface area contributed by atoms with E-state index >= 15 is 0 Å². The van der Waals surface area contributed by atoms with E-state index in [9.17, 15) is 5.26 Å². The van der Waals surface area contributed by atoms with Crippen LogP contribution in [0, 0.1) is 17.9 Å². The van der Waals surface area contributed by atoms with Crippen molar-refractivity contribution in [3.63, 3.8) is 0 Å². The van der Waals surface area contributed by atoms with Crippen LogP contribution in [0.1, 0.15) is 35.1 Å².